The van der Waals surface area contributed by atoms with Gasteiger partial charge in [-0.05, 0) is 46.6 Å². The Balaban J connectivity index is 2.05. The fourth-order valence-electron chi connectivity index (χ4n) is 1.74. The number of rotatable bonds is 4. The maximum Gasteiger partial charge on any atom is 0.0528 e. The number of hydrogen-bond acceptors (Lipinski definition) is 2. The van der Waals surface area contributed by atoms with Gasteiger partial charge < -0.3 is 10.1 Å². The number of nitrogens with one attached hydrogen (secondary N) is 1. The van der Waals surface area contributed by atoms with E-state index in [0.717, 1.165) is 26.2 Å². The van der Waals surface area contributed by atoms with E-state index in [-0.39, 0.29) is 5.54 Å². The Morgan fingerprint density at radius 2 is 2.20 bits per heavy atom. The van der Waals surface area contributed by atoms with Crippen molar-refractivity contribution in [3.8, 4) is 0 Å². The van der Waals surface area contributed by atoms with E-state index in [0.29, 0.717) is 5.92 Å². The molecule has 0 aliphatic carbocycles. The largest absolute Gasteiger partial charge is 0.381 e. The minimum absolute atomic E-state index is 0.238. The predicted octanol–water partition coefficient (Wildman–Crippen LogP) is 2.75. The van der Waals surface area contributed by atoms with E-state index >= 15 is 0 Å². The molecule has 2 nitrogen and oxygen atoms in total. The third-order valence-corrected chi connectivity index (χ3v) is 2.57. The fourth-order valence-corrected chi connectivity index (χ4v) is 1.74. The van der Waals surface area contributed by atoms with E-state index < -0.39 is 0 Å². The first kappa shape index (κ1) is 12.7. The van der Waals surface area contributed by atoms with Gasteiger partial charge in [-0.3, -0.25) is 0 Å². The second-order valence-electron chi connectivity index (χ2n) is 5.37. The highest BCUT2D eigenvalue weighted by atomic mass is 16.5. The van der Waals surface area contributed by atoms with Crippen LogP contribution < -0.4 is 5.32 Å². The van der Waals surface area contributed by atoms with Gasteiger partial charge in [0.05, 0.1) is 6.61 Å². The lowest BCUT2D eigenvalue weighted by Gasteiger charge is -2.20. The zero-order valence-corrected chi connectivity index (χ0v) is 10.4. The second-order valence-corrected chi connectivity index (χ2v) is 5.37. The molecule has 1 unspecified atom stereocenters. The molecule has 0 amide bonds. The van der Waals surface area contributed by atoms with E-state index in [1.54, 1.807) is 0 Å². The lowest BCUT2D eigenvalue weighted by molar-refractivity contribution is 0.0709. The molecule has 1 heterocycles. The van der Waals surface area contributed by atoms with Crippen LogP contribution in [0.2, 0.25) is 0 Å². The van der Waals surface area contributed by atoms with Crippen LogP contribution in [0.25, 0.3) is 0 Å². The smallest absolute Gasteiger partial charge is 0.0528 e. The van der Waals surface area contributed by atoms with Gasteiger partial charge in [0.25, 0.3) is 0 Å². The van der Waals surface area contributed by atoms with Crippen molar-refractivity contribution in [1.82, 2.24) is 5.32 Å². The van der Waals surface area contributed by atoms with Crippen LogP contribution in [-0.4, -0.2) is 25.3 Å². The lowest BCUT2D eigenvalue weighted by Crippen LogP contribution is -2.36. The number of ether oxygens (including phenoxy) is 1. The Kier molecular flexibility index (Phi) is 5.34. The summed E-state index contributed by atoms with van der Waals surface area (Å²) in [5.74, 6) is 0.661. The van der Waals surface area contributed by atoms with Gasteiger partial charge in [-0.25, -0.2) is 0 Å². The molecule has 15 heavy (non-hydrogen) atoms. The molecule has 1 N–H and O–H groups in total. The van der Waals surface area contributed by atoms with E-state index in [4.69, 9.17) is 4.74 Å². The highest BCUT2D eigenvalue weighted by molar-refractivity contribution is 4.90. The molecule has 1 rings (SSSR count). The zero-order valence-electron chi connectivity index (χ0n) is 10.4. The van der Waals surface area contributed by atoms with Crippen molar-refractivity contribution < 1.29 is 4.74 Å². The molecule has 1 aliphatic heterocycles. The second kappa shape index (κ2) is 6.29. The van der Waals surface area contributed by atoms with Crippen LogP contribution in [0.1, 0.15) is 40.0 Å². The van der Waals surface area contributed by atoms with E-state index in [1.807, 2.05) is 0 Å². The molecular formula is C13H25NO. The highest BCUT2D eigenvalue weighted by Gasteiger charge is 2.10. The molecule has 1 fully saturated rings. The molecule has 1 saturated heterocycles. The van der Waals surface area contributed by atoms with Crippen LogP contribution in [0.5, 0.6) is 0 Å². The average molecular weight is 211 g/mol. The molecule has 0 radical (unpaired) electrons. The molecular weight excluding hydrogens is 186 g/mol. The zero-order chi connectivity index (χ0) is 11.1. The minimum atomic E-state index is 0.238. The van der Waals surface area contributed by atoms with E-state index in [2.05, 4.69) is 38.2 Å². The van der Waals surface area contributed by atoms with Crippen LogP contribution >= 0.6 is 0 Å². The molecule has 0 spiro atoms. The van der Waals surface area contributed by atoms with Gasteiger partial charge in [0.15, 0.2) is 0 Å². The molecule has 1 atom stereocenters. The summed E-state index contributed by atoms with van der Waals surface area (Å²) in [6.45, 7) is 9.54. The third kappa shape index (κ3) is 6.69. The summed E-state index contributed by atoms with van der Waals surface area (Å²) >= 11 is 0. The molecule has 0 bridgehead atoms. The minimum Gasteiger partial charge on any atom is -0.381 e. The molecule has 0 saturated carbocycles. The molecule has 0 aromatic carbocycles. The Labute approximate surface area is 94.1 Å². The van der Waals surface area contributed by atoms with E-state index in [1.165, 1.54) is 12.8 Å². The molecule has 2 heteroatoms. The van der Waals surface area contributed by atoms with Crippen molar-refractivity contribution in [1.29, 1.82) is 0 Å². The van der Waals surface area contributed by atoms with Crippen LogP contribution in [0.4, 0.5) is 0 Å². The summed E-state index contributed by atoms with van der Waals surface area (Å²) < 4.78 is 5.43. The first-order valence-electron chi connectivity index (χ1n) is 6.07. The molecule has 1 aliphatic rings. The summed E-state index contributed by atoms with van der Waals surface area (Å²) in [5.41, 5.74) is 0.238. The topological polar surface area (TPSA) is 21.3 Å². The SMILES string of the molecule is CC(C)(C)NCC/C=C/C1CCCOC1. The Bertz CT molecular complexity index is 187. The maximum atomic E-state index is 5.43. The van der Waals surface area contributed by atoms with Crippen molar-refractivity contribution in [2.24, 2.45) is 5.92 Å². The first-order chi connectivity index (χ1) is 7.08. The maximum absolute atomic E-state index is 5.43. The van der Waals surface area contributed by atoms with Gasteiger partial charge in [-0.15, -0.1) is 0 Å². The Hall–Kier alpha value is -0.340. The monoisotopic (exact) mass is 211 g/mol. The summed E-state index contributed by atoms with van der Waals surface area (Å²) in [7, 11) is 0. The summed E-state index contributed by atoms with van der Waals surface area (Å²) in [6.07, 6.45) is 8.24. The van der Waals surface area contributed by atoms with Crippen molar-refractivity contribution in [2.75, 3.05) is 19.8 Å². The van der Waals surface area contributed by atoms with Gasteiger partial charge in [0.1, 0.15) is 0 Å². The average Bonchev–Trinajstić information content (AvgIpc) is 2.17. The highest BCUT2D eigenvalue weighted by Crippen LogP contribution is 2.14. The van der Waals surface area contributed by atoms with Crippen LogP contribution in [-0.2, 0) is 4.74 Å². The predicted molar refractivity (Wildman–Crippen MR) is 65.1 cm³/mol. The molecule has 0 aromatic rings. The fraction of sp³-hybridized carbons (Fsp3) is 0.846. The van der Waals surface area contributed by atoms with E-state index in [9.17, 15) is 0 Å². The van der Waals surface area contributed by atoms with Crippen molar-refractivity contribution in [2.45, 2.75) is 45.6 Å². The molecule has 88 valence electrons. The normalized spacial score (nSPS) is 23.5. The van der Waals surface area contributed by atoms with Crippen molar-refractivity contribution in [3.63, 3.8) is 0 Å². The first-order valence-corrected chi connectivity index (χ1v) is 6.07. The van der Waals surface area contributed by atoms with Crippen LogP contribution in [0.15, 0.2) is 12.2 Å². The third-order valence-electron chi connectivity index (χ3n) is 2.57. The van der Waals surface area contributed by atoms with Crippen LogP contribution in [0.3, 0.4) is 0 Å². The quantitative estimate of drug-likeness (QED) is 0.570. The Morgan fingerprint density at radius 3 is 2.80 bits per heavy atom. The number of hydrogen-bond donors (Lipinski definition) is 1. The van der Waals surface area contributed by atoms with Gasteiger partial charge in [0.2, 0.25) is 0 Å². The standard InChI is InChI=1S/C13H25NO/c1-13(2,3)14-9-5-4-7-12-8-6-10-15-11-12/h4,7,12,14H,5-6,8-11H2,1-3H3/b7-4+. The van der Waals surface area contributed by atoms with Gasteiger partial charge >= 0.3 is 0 Å². The molecule has 0 aromatic heterocycles. The van der Waals surface area contributed by atoms with Crippen LogP contribution in [0, 0.1) is 5.92 Å². The lowest BCUT2D eigenvalue weighted by atomic mass is 10.0. The summed E-state index contributed by atoms with van der Waals surface area (Å²) in [6, 6.07) is 0. The van der Waals surface area contributed by atoms with Crippen molar-refractivity contribution in [3.05, 3.63) is 12.2 Å². The van der Waals surface area contributed by atoms with Gasteiger partial charge in [-0.1, -0.05) is 12.2 Å². The van der Waals surface area contributed by atoms with Gasteiger partial charge in [0, 0.05) is 18.1 Å². The summed E-state index contributed by atoms with van der Waals surface area (Å²) in [4.78, 5) is 0. The van der Waals surface area contributed by atoms with Crippen molar-refractivity contribution >= 4 is 0 Å². The Morgan fingerprint density at radius 1 is 1.40 bits per heavy atom. The summed E-state index contributed by atoms with van der Waals surface area (Å²) in [5, 5.41) is 3.48. The van der Waals surface area contributed by atoms with Gasteiger partial charge in [-0.2, -0.15) is 0 Å².